The van der Waals surface area contributed by atoms with Crippen molar-refractivity contribution >= 4 is 69.6 Å². The van der Waals surface area contributed by atoms with Crippen LogP contribution in [0.1, 0.15) is 112 Å². The van der Waals surface area contributed by atoms with Crippen molar-refractivity contribution < 1.29 is 53.0 Å². The molecule has 0 radical (unpaired) electrons. The Morgan fingerprint density at radius 1 is 0.707 bits per heavy atom. The Morgan fingerprint density at radius 2 is 1.16 bits per heavy atom. The molecule has 2 aliphatic heterocycles. The second-order valence-electron chi connectivity index (χ2n) is 19.0. The minimum atomic E-state index is -0.995. The molecule has 4 aromatic heterocycles. The summed E-state index contributed by atoms with van der Waals surface area (Å²) in [7, 11) is 2.80. The predicted molar refractivity (Wildman–Crippen MR) is 285 cm³/mol. The summed E-state index contributed by atoms with van der Waals surface area (Å²) in [5.74, 6) is -3.16. The average Bonchev–Trinajstić information content (AvgIpc) is 4.26. The minimum Gasteiger partial charge on any atom is -0.481 e. The lowest BCUT2D eigenvalue weighted by atomic mass is 9.91. The van der Waals surface area contributed by atoms with Gasteiger partial charge in [-0.3, -0.25) is 19.2 Å². The highest BCUT2D eigenvalue weighted by Gasteiger charge is 2.44. The van der Waals surface area contributed by atoms with Crippen LogP contribution in [-0.4, -0.2) is 116 Å². The van der Waals surface area contributed by atoms with Crippen LogP contribution in [0, 0.1) is 25.7 Å². The monoisotopic (exact) mass is 1110 g/mol. The number of benzene rings is 2. The summed E-state index contributed by atoms with van der Waals surface area (Å²) < 4.78 is 20.1. The van der Waals surface area contributed by atoms with E-state index in [0.29, 0.717) is 13.0 Å². The number of amides is 3. The van der Waals surface area contributed by atoms with Crippen molar-refractivity contribution in [3.05, 3.63) is 104 Å². The number of hydrogen-bond acceptors (Lipinski definition) is 17. The molecule has 75 heavy (non-hydrogen) atoms. The molecule has 8 rings (SSSR count). The van der Waals surface area contributed by atoms with Crippen molar-refractivity contribution in [3.8, 4) is 32.6 Å². The molecule has 2 aliphatic rings. The molecule has 0 bridgehead atoms. The number of ether oxygens (including phenoxy) is 2. The lowest BCUT2D eigenvalue weighted by Gasteiger charge is -2.29. The summed E-state index contributed by atoms with van der Waals surface area (Å²) in [4.78, 5) is 62.5. The Balaban J connectivity index is 0.000000204. The van der Waals surface area contributed by atoms with E-state index in [1.807, 2.05) is 89.0 Å². The van der Waals surface area contributed by atoms with E-state index in [-0.39, 0.29) is 94.0 Å². The minimum absolute atomic E-state index is 0.0420. The number of β-amino-alcohol motifs (C(OH)–C–C–N with tert-alkyl or cyclic N) is 2. The second-order valence-corrected chi connectivity index (χ2v) is 21.5. The molecule has 0 spiro atoms. The second kappa shape index (κ2) is 26.2. The van der Waals surface area contributed by atoms with E-state index in [9.17, 15) is 29.4 Å². The molecule has 2 fully saturated rings. The summed E-state index contributed by atoms with van der Waals surface area (Å²) in [5.41, 5.74) is 9.89. The number of carboxylic acid groups (broad SMARTS) is 1. The number of thiazole rings is 2. The largest absolute Gasteiger partial charge is 0.481 e. The van der Waals surface area contributed by atoms with Gasteiger partial charge in [0.05, 0.1) is 76.7 Å². The van der Waals surface area contributed by atoms with Gasteiger partial charge in [0.1, 0.15) is 27.9 Å². The van der Waals surface area contributed by atoms with E-state index in [0.717, 1.165) is 38.5 Å². The number of carboxylic acids is 1. The van der Waals surface area contributed by atoms with Gasteiger partial charge in [-0.25, -0.2) is 9.97 Å². The van der Waals surface area contributed by atoms with E-state index < -0.39 is 36.1 Å². The number of halogens is 2. The van der Waals surface area contributed by atoms with Gasteiger partial charge in [-0.05, 0) is 78.5 Å². The van der Waals surface area contributed by atoms with Gasteiger partial charge in [0, 0.05) is 19.5 Å². The smallest absolute Gasteiger partial charge is 0.314 e. The van der Waals surface area contributed by atoms with Crippen LogP contribution in [0.4, 0.5) is 0 Å². The number of aliphatic carboxylic acids is 1. The summed E-state index contributed by atoms with van der Waals surface area (Å²) in [6.45, 7) is 15.6. The summed E-state index contributed by atoms with van der Waals surface area (Å²) in [5, 5.41) is 45.5. The molecule has 3 unspecified atom stereocenters. The molecule has 19 nitrogen and oxygen atoms in total. The van der Waals surface area contributed by atoms with Crippen LogP contribution in [0.2, 0.25) is 10.0 Å². The highest BCUT2D eigenvalue weighted by molar-refractivity contribution is 7.13. The molecule has 23 heteroatoms. The lowest BCUT2D eigenvalue weighted by Crippen LogP contribution is -2.48. The summed E-state index contributed by atoms with van der Waals surface area (Å²) >= 11 is 15.4. The third-order valence-electron chi connectivity index (χ3n) is 12.9. The first-order valence-corrected chi connectivity index (χ1v) is 26.8. The Hall–Kier alpha value is -5.94. The van der Waals surface area contributed by atoms with Crippen LogP contribution in [0.15, 0.2) is 68.6 Å². The molecule has 404 valence electrons. The number of aliphatic hydroxyl groups is 2. The lowest BCUT2D eigenvalue weighted by molar-refractivity contribution is -0.141. The first-order chi connectivity index (χ1) is 35.6. The van der Waals surface area contributed by atoms with Crippen LogP contribution < -0.4 is 25.4 Å². The first kappa shape index (κ1) is 58.3. The van der Waals surface area contributed by atoms with Crippen molar-refractivity contribution in [1.29, 1.82) is 0 Å². The summed E-state index contributed by atoms with van der Waals surface area (Å²) in [6.07, 6.45) is -0.624. The van der Waals surface area contributed by atoms with Gasteiger partial charge < -0.3 is 54.7 Å². The van der Waals surface area contributed by atoms with E-state index in [1.165, 1.54) is 24.0 Å². The number of nitrogens with zero attached hydrogens (tertiary/aromatic N) is 5. The highest BCUT2D eigenvalue weighted by Crippen LogP contribution is 2.39. The maximum absolute atomic E-state index is 13.7. The molecule has 2 aromatic carbocycles. The zero-order chi connectivity index (χ0) is 54.8. The molecule has 8 atom stereocenters. The average molecular weight is 1110 g/mol. The standard InChI is InChI=1S/C26H31ClN4O5S.C17H21N3O2S.C9H12ClNO4/c1-13(2)20(22-21(27)25(35-5)30-36-22)26(34)31-11-18(32)10-19(31)24(33)29-14(3)16-6-8-17(9-7-16)23-15(4)28-12-37-23;1-10(20-17(22)15-7-14(21)8-18-15)12-3-5-13(6-4-12)16-11(2)19-9-23-16;1-4(2)5(9(12)13)7-6(10)8(14-3)11-15-7/h6-9,12-14,18-20,32H,10-11H2,1-5H3,(H,29,33);3-6,9-10,14-15,18,21H,7-8H2,1-2H3,(H,20,22);4-5H,1-3H3,(H,12,13)/t14-,18+,19?,20?;10-,14+,15-;/m00./s1. The number of aliphatic hydroxyl groups excluding tert-OH is 2. The van der Waals surface area contributed by atoms with Crippen molar-refractivity contribution in [2.45, 2.75) is 116 Å². The van der Waals surface area contributed by atoms with Crippen molar-refractivity contribution in [2.24, 2.45) is 11.8 Å². The number of nitrogens with one attached hydrogen (secondary N) is 3. The zero-order valence-corrected chi connectivity index (χ0v) is 46.4. The Morgan fingerprint density at radius 3 is 1.53 bits per heavy atom. The van der Waals surface area contributed by atoms with Crippen LogP contribution in [-0.2, 0) is 19.2 Å². The number of likely N-dealkylation sites (tertiary alicyclic amines) is 1. The third-order valence-corrected chi connectivity index (χ3v) is 15.6. The van der Waals surface area contributed by atoms with Crippen LogP contribution >= 0.6 is 45.9 Å². The van der Waals surface area contributed by atoms with E-state index >= 15 is 0 Å². The number of rotatable bonds is 16. The Kier molecular flexibility index (Phi) is 20.4. The third kappa shape index (κ3) is 14.1. The molecule has 3 amide bonds. The maximum Gasteiger partial charge on any atom is 0.314 e. The van der Waals surface area contributed by atoms with E-state index in [2.05, 4.69) is 48.4 Å². The topological polar surface area (TPSA) is 265 Å². The van der Waals surface area contributed by atoms with Gasteiger partial charge in [0.2, 0.25) is 17.7 Å². The summed E-state index contributed by atoms with van der Waals surface area (Å²) in [6, 6.07) is 14.7. The van der Waals surface area contributed by atoms with Gasteiger partial charge in [-0.2, -0.15) is 0 Å². The molecule has 6 heterocycles. The number of carbonyl (C=O) groups excluding carboxylic acids is 3. The molecule has 0 aliphatic carbocycles. The van der Waals surface area contributed by atoms with Gasteiger partial charge in [0.25, 0.3) is 11.8 Å². The fourth-order valence-electron chi connectivity index (χ4n) is 8.79. The number of hydrogen-bond donors (Lipinski definition) is 6. The van der Waals surface area contributed by atoms with E-state index in [1.54, 1.807) is 36.5 Å². The highest BCUT2D eigenvalue weighted by atomic mass is 35.5. The number of carbonyl (C=O) groups is 4. The van der Waals surface area contributed by atoms with Gasteiger partial charge in [0.15, 0.2) is 11.5 Å². The Labute approximate surface area is 453 Å². The van der Waals surface area contributed by atoms with Crippen LogP contribution in [0.25, 0.3) is 20.9 Å². The number of methoxy groups -OCH3 is 2. The maximum atomic E-state index is 13.7. The molecule has 6 N–H and O–H groups in total. The SMILES string of the molecule is COc1noc(C(C(=O)N2C[C@H](O)CC2C(=O)N[C@@H](C)c2ccc(-c3scnc3C)cc2)C(C)C)c1Cl.COc1noc(C(C(=O)O)C(C)C)c1Cl.Cc1ncsc1-c1ccc([C@H](C)NC(=O)[C@@H]2C[C@@H](O)CN2)cc1. The van der Waals surface area contributed by atoms with Crippen molar-refractivity contribution in [2.75, 3.05) is 27.3 Å². The van der Waals surface area contributed by atoms with Gasteiger partial charge >= 0.3 is 5.97 Å². The first-order valence-electron chi connectivity index (χ1n) is 24.3. The fraction of sp³-hybridized carbons (Fsp3) is 0.462. The van der Waals surface area contributed by atoms with Crippen molar-refractivity contribution in [1.82, 2.24) is 41.1 Å². The van der Waals surface area contributed by atoms with Gasteiger partial charge in [-0.15, -0.1) is 22.7 Å². The van der Waals surface area contributed by atoms with E-state index in [4.69, 9.17) is 46.8 Å². The fourth-order valence-corrected chi connectivity index (χ4v) is 10.9. The molecule has 0 saturated carbocycles. The Bertz CT molecular complexity index is 2870. The molecular weight excluding hydrogens is 1050 g/mol. The zero-order valence-electron chi connectivity index (χ0n) is 43.3. The number of aryl methyl sites for hydroxylation is 2. The van der Waals surface area contributed by atoms with Crippen LogP contribution in [0.5, 0.6) is 11.8 Å². The normalized spacial score (nSPS) is 18.8. The van der Waals surface area contributed by atoms with Crippen LogP contribution in [0.3, 0.4) is 0 Å². The molecular formula is C52H64Cl2N8O11S2. The quantitative estimate of drug-likeness (QED) is 0.0530. The molecule has 6 aromatic rings. The number of aromatic nitrogens is 4. The van der Waals surface area contributed by atoms with Crippen molar-refractivity contribution in [3.63, 3.8) is 0 Å². The van der Waals surface area contributed by atoms with Gasteiger partial charge in [-0.1, -0.05) is 99.4 Å². The predicted octanol–water partition coefficient (Wildman–Crippen LogP) is 8.53. The molecule has 2 saturated heterocycles.